The van der Waals surface area contributed by atoms with Gasteiger partial charge in [-0.05, 0) is 36.4 Å². The molecule has 4 rings (SSSR count). The summed E-state index contributed by atoms with van der Waals surface area (Å²) < 4.78 is 5.62. The van der Waals surface area contributed by atoms with Crippen LogP contribution >= 0.6 is 0 Å². The SMILES string of the molecule is CN(C)C(=O)c1cc2cc(Nc3nccc(-c4cc(OCCCO)ccn4)n3)ccc2[nH]1. The van der Waals surface area contributed by atoms with Gasteiger partial charge in [-0.2, -0.15) is 0 Å². The number of amides is 1. The highest BCUT2D eigenvalue weighted by atomic mass is 16.5. The summed E-state index contributed by atoms with van der Waals surface area (Å²) in [5.41, 5.74) is 3.51. The maximum absolute atomic E-state index is 12.2. The molecule has 3 aromatic heterocycles. The Bertz CT molecular complexity index is 1240. The number of rotatable bonds is 8. The molecular formula is C23H24N6O3. The highest BCUT2D eigenvalue weighted by molar-refractivity contribution is 5.98. The van der Waals surface area contributed by atoms with Gasteiger partial charge >= 0.3 is 0 Å². The van der Waals surface area contributed by atoms with E-state index in [1.54, 1.807) is 44.7 Å². The van der Waals surface area contributed by atoms with Crippen LogP contribution in [-0.4, -0.2) is 63.2 Å². The third-order valence-corrected chi connectivity index (χ3v) is 4.73. The van der Waals surface area contributed by atoms with Crippen LogP contribution in [0.25, 0.3) is 22.3 Å². The van der Waals surface area contributed by atoms with Crippen molar-refractivity contribution >= 4 is 28.4 Å². The average molecular weight is 432 g/mol. The number of carbonyl (C=O) groups is 1. The number of aromatic amines is 1. The molecule has 9 heteroatoms. The van der Waals surface area contributed by atoms with Gasteiger partial charge in [-0.3, -0.25) is 9.78 Å². The van der Waals surface area contributed by atoms with Gasteiger partial charge < -0.3 is 25.0 Å². The summed E-state index contributed by atoms with van der Waals surface area (Å²) in [6, 6.07) is 12.9. The van der Waals surface area contributed by atoms with Crippen LogP contribution in [0, 0.1) is 0 Å². The molecule has 0 spiro atoms. The summed E-state index contributed by atoms with van der Waals surface area (Å²) in [5, 5.41) is 13.0. The van der Waals surface area contributed by atoms with Crippen molar-refractivity contribution in [3.63, 3.8) is 0 Å². The van der Waals surface area contributed by atoms with Gasteiger partial charge in [-0.25, -0.2) is 9.97 Å². The number of carbonyl (C=O) groups excluding carboxylic acids is 1. The van der Waals surface area contributed by atoms with Crippen LogP contribution in [0.15, 0.2) is 54.9 Å². The third-order valence-electron chi connectivity index (χ3n) is 4.73. The lowest BCUT2D eigenvalue weighted by molar-refractivity contribution is 0.0823. The van der Waals surface area contributed by atoms with Gasteiger partial charge in [-0.15, -0.1) is 0 Å². The number of fused-ring (bicyclic) bond motifs is 1. The number of ether oxygens (including phenoxy) is 1. The molecule has 0 radical (unpaired) electrons. The van der Waals surface area contributed by atoms with Crippen LogP contribution in [-0.2, 0) is 0 Å². The fourth-order valence-corrected chi connectivity index (χ4v) is 3.15. The zero-order chi connectivity index (χ0) is 22.5. The summed E-state index contributed by atoms with van der Waals surface area (Å²) in [6.07, 6.45) is 3.88. The van der Waals surface area contributed by atoms with Gasteiger partial charge in [-0.1, -0.05) is 0 Å². The van der Waals surface area contributed by atoms with Gasteiger partial charge in [0.1, 0.15) is 11.4 Å². The number of aliphatic hydroxyl groups excluding tert-OH is 1. The van der Waals surface area contributed by atoms with E-state index in [1.165, 1.54) is 4.90 Å². The maximum Gasteiger partial charge on any atom is 0.269 e. The first kappa shape index (κ1) is 21.3. The van der Waals surface area contributed by atoms with E-state index < -0.39 is 0 Å². The summed E-state index contributed by atoms with van der Waals surface area (Å²) in [7, 11) is 3.44. The molecule has 1 amide bonds. The summed E-state index contributed by atoms with van der Waals surface area (Å²) >= 11 is 0. The fraction of sp³-hybridized carbons (Fsp3) is 0.217. The minimum atomic E-state index is -0.0817. The second kappa shape index (κ2) is 9.44. The molecule has 0 saturated heterocycles. The molecule has 4 aromatic rings. The number of hydrogen-bond donors (Lipinski definition) is 3. The molecule has 0 aliphatic rings. The number of nitrogens with one attached hydrogen (secondary N) is 2. The van der Waals surface area contributed by atoms with Crippen molar-refractivity contribution in [2.45, 2.75) is 6.42 Å². The second-order valence-corrected chi connectivity index (χ2v) is 7.38. The topological polar surface area (TPSA) is 116 Å². The molecule has 0 aliphatic carbocycles. The van der Waals surface area contributed by atoms with E-state index in [0.29, 0.717) is 41.8 Å². The molecule has 0 saturated carbocycles. The normalized spacial score (nSPS) is 10.8. The van der Waals surface area contributed by atoms with E-state index in [1.807, 2.05) is 24.3 Å². The molecule has 0 bridgehead atoms. The van der Waals surface area contributed by atoms with E-state index >= 15 is 0 Å². The molecule has 3 heterocycles. The van der Waals surface area contributed by atoms with Crippen molar-refractivity contribution in [3.05, 3.63) is 60.6 Å². The Morgan fingerprint density at radius 3 is 2.75 bits per heavy atom. The average Bonchev–Trinajstić information content (AvgIpc) is 3.22. The summed E-state index contributed by atoms with van der Waals surface area (Å²) in [5.74, 6) is 1.01. The van der Waals surface area contributed by atoms with Crippen molar-refractivity contribution in [1.82, 2.24) is 24.8 Å². The number of H-pyrrole nitrogens is 1. The molecule has 0 aliphatic heterocycles. The number of nitrogens with zero attached hydrogens (tertiary/aromatic N) is 4. The minimum Gasteiger partial charge on any atom is -0.493 e. The second-order valence-electron chi connectivity index (χ2n) is 7.38. The number of pyridine rings is 1. The monoisotopic (exact) mass is 432 g/mol. The molecule has 0 unspecified atom stereocenters. The smallest absolute Gasteiger partial charge is 0.269 e. The van der Waals surface area contributed by atoms with Gasteiger partial charge in [0.05, 0.1) is 18.0 Å². The van der Waals surface area contributed by atoms with Gasteiger partial charge in [0, 0.05) is 62.2 Å². The molecule has 9 nitrogen and oxygen atoms in total. The quantitative estimate of drug-likeness (QED) is 0.366. The van der Waals surface area contributed by atoms with E-state index in [0.717, 1.165) is 16.6 Å². The van der Waals surface area contributed by atoms with Crippen LogP contribution in [0.4, 0.5) is 11.6 Å². The summed E-state index contributed by atoms with van der Waals surface area (Å²) in [6.45, 7) is 0.515. The predicted octanol–water partition coefficient (Wildman–Crippen LogP) is 3.23. The Hall–Kier alpha value is -3.98. The lowest BCUT2D eigenvalue weighted by atomic mass is 10.2. The van der Waals surface area contributed by atoms with Crippen molar-refractivity contribution in [1.29, 1.82) is 0 Å². The lowest BCUT2D eigenvalue weighted by Crippen LogP contribution is -2.21. The molecule has 0 atom stereocenters. The first-order chi connectivity index (χ1) is 15.5. The number of hydrogen-bond acceptors (Lipinski definition) is 7. The van der Waals surface area contributed by atoms with Crippen LogP contribution in [0.5, 0.6) is 5.75 Å². The Labute approximate surface area is 185 Å². The molecular weight excluding hydrogens is 408 g/mol. The van der Waals surface area contributed by atoms with Crippen LogP contribution in [0.2, 0.25) is 0 Å². The van der Waals surface area contributed by atoms with E-state index in [2.05, 4.69) is 25.3 Å². The van der Waals surface area contributed by atoms with E-state index in [9.17, 15) is 4.79 Å². The Balaban J connectivity index is 1.53. The van der Waals surface area contributed by atoms with Crippen LogP contribution in [0.3, 0.4) is 0 Å². The Kier molecular flexibility index (Phi) is 6.27. The maximum atomic E-state index is 12.2. The number of aliphatic hydroxyl groups is 1. The number of aromatic nitrogens is 4. The number of benzene rings is 1. The third kappa shape index (κ3) is 4.84. The number of anilines is 2. The van der Waals surface area contributed by atoms with Crippen LogP contribution < -0.4 is 10.1 Å². The Morgan fingerprint density at radius 2 is 1.94 bits per heavy atom. The fourth-order valence-electron chi connectivity index (χ4n) is 3.15. The van der Waals surface area contributed by atoms with Crippen molar-refractivity contribution in [2.24, 2.45) is 0 Å². The molecule has 164 valence electrons. The zero-order valence-corrected chi connectivity index (χ0v) is 17.9. The van der Waals surface area contributed by atoms with Crippen molar-refractivity contribution in [2.75, 3.05) is 32.6 Å². The van der Waals surface area contributed by atoms with Gasteiger partial charge in [0.15, 0.2) is 0 Å². The van der Waals surface area contributed by atoms with Crippen molar-refractivity contribution in [3.8, 4) is 17.1 Å². The predicted molar refractivity (Wildman–Crippen MR) is 122 cm³/mol. The molecule has 1 aromatic carbocycles. The standard InChI is InChI=1S/C23H24N6O3/c1-29(2)22(31)21-13-15-12-16(4-5-18(15)27-21)26-23-25-9-7-19(28-23)20-14-17(6-8-24-20)32-11-3-10-30/h4-9,12-14,27,30H,3,10-11H2,1-2H3,(H,25,26,28). The highest BCUT2D eigenvalue weighted by Crippen LogP contribution is 2.24. The molecule has 0 fully saturated rings. The largest absolute Gasteiger partial charge is 0.493 e. The van der Waals surface area contributed by atoms with Crippen LogP contribution in [0.1, 0.15) is 16.9 Å². The Morgan fingerprint density at radius 1 is 1.09 bits per heavy atom. The van der Waals surface area contributed by atoms with E-state index in [-0.39, 0.29) is 12.5 Å². The van der Waals surface area contributed by atoms with Gasteiger partial charge in [0.25, 0.3) is 5.91 Å². The van der Waals surface area contributed by atoms with Crippen molar-refractivity contribution < 1.29 is 14.6 Å². The van der Waals surface area contributed by atoms with Gasteiger partial charge in [0.2, 0.25) is 5.95 Å². The zero-order valence-electron chi connectivity index (χ0n) is 17.9. The van der Waals surface area contributed by atoms with E-state index in [4.69, 9.17) is 9.84 Å². The highest BCUT2D eigenvalue weighted by Gasteiger charge is 2.12. The minimum absolute atomic E-state index is 0.0817. The summed E-state index contributed by atoms with van der Waals surface area (Å²) in [4.78, 5) is 30.1. The molecule has 3 N–H and O–H groups in total. The lowest BCUT2D eigenvalue weighted by Gasteiger charge is -2.08. The molecule has 32 heavy (non-hydrogen) atoms. The first-order valence-corrected chi connectivity index (χ1v) is 10.2. The first-order valence-electron chi connectivity index (χ1n) is 10.2.